The fourth-order valence-electron chi connectivity index (χ4n) is 4.55. The number of unbranched alkanes of at least 4 members (excludes halogenated alkanes) is 2. The summed E-state index contributed by atoms with van der Waals surface area (Å²) in [6.45, 7) is 4.36. The van der Waals surface area contributed by atoms with Crippen LogP contribution in [-0.4, -0.2) is 17.0 Å². The lowest BCUT2D eigenvalue weighted by molar-refractivity contribution is -0.134. The van der Waals surface area contributed by atoms with Crippen molar-refractivity contribution >= 4 is 11.9 Å². The highest BCUT2D eigenvalue weighted by molar-refractivity contribution is 5.96. The van der Waals surface area contributed by atoms with Crippen molar-refractivity contribution in [2.75, 3.05) is 0 Å². The largest absolute Gasteiger partial charge is 0.478 e. The molecule has 0 amide bonds. The Morgan fingerprint density at radius 1 is 0.968 bits per heavy atom. The van der Waals surface area contributed by atoms with E-state index < -0.39 is 5.97 Å². The standard InChI is InChI=1S/C27H34O4/c1-3-5-6-7-26(28)31-23-15-12-21(13-16-23)25-18-22(14-17-24(25)27(29)30)20-10-8-19(4-2)9-11-20/h12-20H,3-11H2,1-2H3,(H,29,30). The molecule has 0 unspecified atom stereocenters. The zero-order chi connectivity index (χ0) is 22.2. The SMILES string of the molecule is CCCCCC(=O)Oc1ccc(-c2cc(C3CCC(CC)CC3)ccc2C(=O)O)cc1. The van der Waals surface area contributed by atoms with Gasteiger partial charge in [-0.2, -0.15) is 0 Å². The number of carbonyl (C=O) groups excluding carboxylic acids is 1. The van der Waals surface area contributed by atoms with E-state index >= 15 is 0 Å². The molecule has 2 aromatic rings. The van der Waals surface area contributed by atoms with Crippen molar-refractivity contribution in [2.45, 2.75) is 77.6 Å². The number of ether oxygens (including phenoxy) is 1. The molecule has 1 N–H and O–H groups in total. The van der Waals surface area contributed by atoms with E-state index in [0.29, 0.717) is 23.7 Å². The number of carboxylic acids is 1. The molecule has 1 saturated carbocycles. The van der Waals surface area contributed by atoms with Gasteiger partial charge in [0, 0.05) is 6.42 Å². The molecule has 0 aliphatic heterocycles. The Morgan fingerprint density at radius 2 is 1.68 bits per heavy atom. The van der Waals surface area contributed by atoms with Crippen LogP contribution < -0.4 is 4.74 Å². The summed E-state index contributed by atoms with van der Waals surface area (Å²) in [6.07, 6.45) is 9.39. The lowest BCUT2D eigenvalue weighted by Gasteiger charge is -2.28. The van der Waals surface area contributed by atoms with Crippen molar-refractivity contribution in [3.63, 3.8) is 0 Å². The van der Waals surface area contributed by atoms with Crippen LogP contribution in [0.3, 0.4) is 0 Å². The third-order valence-electron chi connectivity index (χ3n) is 6.55. The molecule has 0 radical (unpaired) electrons. The van der Waals surface area contributed by atoms with Crippen LogP contribution in [0.1, 0.15) is 93.5 Å². The highest BCUT2D eigenvalue weighted by atomic mass is 16.5. The second-order valence-electron chi connectivity index (χ2n) is 8.69. The first kappa shape index (κ1) is 23.1. The van der Waals surface area contributed by atoms with Crippen LogP contribution in [0.4, 0.5) is 0 Å². The third-order valence-corrected chi connectivity index (χ3v) is 6.55. The number of carbonyl (C=O) groups is 2. The van der Waals surface area contributed by atoms with Crippen molar-refractivity contribution in [3.05, 3.63) is 53.6 Å². The molecule has 3 rings (SSSR count). The molecular formula is C27H34O4. The first-order valence-electron chi connectivity index (χ1n) is 11.7. The van der Waals surface area contributed by atoms with Crippen LogP contribution in [0, 0.1) is 5.92 Å². The van der Waals surface area contributed by atoms with Gasteiger partial charge in [-0.05, 0) is 78.8 Å². The summed E-state index contributed by atoms with van der Waals surface area (Å²) >= 11 is 0. The smallest absolute Gasteiger partial charge is 0.336 e. The van der Waals surface area contributed by atoms with Crippen LogP contribution in [0.2, 0.25) is 0 Å². The van der Waals surface area contributed by atoms with E-state index in [4.69, 9.17) is 4.74 Å². The molecule has 1 fully saturated rings. The van der Waals surface area contributed by atoms with Crippen molar-refractivity contribution in [1.29, 1.82) is 0 Å². The second-order valence-corrected chi connectivity index (χ2v) is 8.69. The first-order valence-corrected chi connectivity index (χ1v) is 11.7. The number of esters is 1. The summed E-state index contributed by atoms with van der Waals surface area (Å²) in [5, 5.41) is 9.70. The fraction of sp³-hybridized carbons (Fsp3) is 0.481. The molecule has 1 aliphatic rings. The zero-order valence-electron chi connectivity index (χ0n) is 18.7. The summed E-state index contributed by atoms with van der Waals surface area (Å²) < 4.78 is 5.41. The van der Waals surface area contributed by atoms with Gasteiger partial charge in [0.15, 0.2) is 0 Å². The van der Waals surface area contributed by atoms with E-state index in [1.165, 1.54) is 24.8 Å². The monoisotopic (exact) mass is 422 g/mol. The van der Waals surface area contributed by atoms with Gasteiger partial charge in [-0.15, -0.1) is 0 Å². The Balaban J connectivity index is 1.77. The number of aromatic carboxylic acids is 1. The summed E-state index contributed by atoms with van der Waals surface area (Å²) in [7, 11) is 0. The molecule has 2 aromatic carbocycles. The lowest BCUT2D eigenvalue weighted by atomic mass is 9.77. The molecule has 166 valence electrons. The van der Waals surface area contributed by atoms with Gasteiger partial charge >= 0.3 is 11.9 Å². The molecular weight excluding hydrogens is 388 g/mol. The molecule has 0 heterocycles. The zero-order valence-corrected chi connectivity index (χ0v) is 18.7. The maximum absolute atomic E-state index is 12.0. The van der Waals surface area contributed by atoms with Gasteiger partial charge in [0.25, 0.3) is 0 Å². The minimum Gasteiger partial charge on any atom is -0.478 e. The Kier molecular flexibility index (Phi) is 8.27. The number of carboxylic acid groups (broad SMARTS) is 1. The lowest BCUT2D eigenvalue weighted by Crippen LogP contribution is -2.13. The summed E-state index contributed by atoms with van der Waals surface area (Å²) in [5.41, 5.74) is 3.08. The molecule has 31 heavy (non-hydrogen) atoms. The van der Waals surface area contributed by atoms with Gasteiger partial charge in [0.1, 0.15) is 5.75 Å². The predicted octanol–water partition coefficient (Wildman–Crippen LogP) is 7.22. The third kappa shape index (κ3) is 6.19. The van der Waals surface area contributed by atoms with E-state index in [9.17, 15) is 14.7 Å². The summed E-state index contributed by atoms with van der Waals surface area (Å²) in [5.74, 6) is 0.662. The number of hydrogen-bond donors (Lipinski definition) is 1. The van der Waals surface area contributed by atoms with E-state index in [1.54, 1.807) is 18.2 Å². The van der Waals surface area contributed by atoms with Crippen molar-refractivity contribution in [3.8, 4) is 16.9 Å². The fourth-order valence-corrected chi connectivity index (χ4v) is 4.55. The molecule has 0 spiro atoms. The summed E-state index contributed by atoms with van der Waals surface area (Å²) in [6, 6.07) is 12.9. The number of hydrogen-bond acceptors (Lipinski definition) is 3. The van der Waals surface area contributed by atoms with Crippen LogP contribution in [0.15, 0.2) is 42.5 Å². The van der Waals surface area contributed by atoms with E-state index in [-0.39, 0.29) is 5.97 Å². The Hall–Kier alpha value is -2.62. The van der Waals surface area contributed by atoms with E-state index in [1.807, 2.05) is 24.3 Å². The van der Waals surface area contributed by atoms with Crippen LogP contribution in [-0.2, 0) is 4.79 Å². The van der Waals surface area contributed by atoms with Crippen LogP contribution in [0.5, 0.6) is 5.75 Å². The summed E-state index contributed by atoms with van der Waals surface area (Å²) in [4.78, 5) is 23.8. The van der Waals surface area contributed by atoms with Crippen LogP contribution >= 0.6 is 0 Å². The van der Waals surface area contributed by atoms with Gasteiger partial charge in [-0.3, -0.25) is 4.79 Å². The number of benzene rings is 2. The average Bonchev–Trinajstić information content (AvgIpc) is 2.79. The van der Waals surface area contributed by atoms with Crippen LogP contribution in [0.25, 0.3) is 11.1 Å². The van der Waals surface area contributed by atoms with E-state index in [0.717, 1.165) is 49.1 Å². The Morgan fingerprint density at radius 3 is 2.29 bits per heavy atom. The maximum Gasteiger partial charge on any atom is 0.336 e. The molecule has 0 atom stereocenters. The van der Waals surface area contributed by atoms with Gasteiger partial charge < -0.3 is 9.84 Å². The average molecular weight is 423 g/mol. The first-order chi connectivity index (χ1) is 15.0. The predicted molar refractivity (Wildman–Crippen MR) is 124 cm³/mol. The second kappa shape index (κ2) is 11.1. The highest BCUT2D eigenvalue weighted by Crippen LogP contribution is 2.39. The van der Waals surface area contributed by atoms with Crippen molar-refractivity contribution in [1.82, 2.24) is 0 Å². The maximum atomic E-state index is 12.0. The minimum absolute atomic E-state index is 0.225. The topological polar surface area (TPSA) is 63.6 Å². The molecule has 0 aromatic heterocycles. The normalized spacial score (nSPS) is 18.5. The highest BCUT2D eigenvalue weighted by Gasteiger charge is 2.23. The quantitative estimate of drug-likeness (QED) is 0.263. The Labute approximate surface area is 185 Å². The van der Waals surface area contributed by atoms with Gasteiger partial charge in [0.05, 0.1) is 5.56 Å². The molecule has 4 nitrogen and oxygen atoms in total. The molecule has 1 aliphatic carbocycles. The molecule has 0 bridgehead atoms. The van der Waals surface area contributed by atoms with Crippen molar-refractivity contribution < 1.29 is 19.4 Å². The van der Waals surface area contributed by atoms with Crippen molar-refractivity contribution in [2.24, 2.45) is 5.92 Å². The van der Waals surface area contributed by atoms with Gasteiger partial charge in [0.2, 0.25) is 0 Å². The minimum atomic E-state index is -0.928. The number of rotatable bonds is 9. The van der Waals surface area contributed by atoms with Gasteiger partial charge in [-0.1, -0.05) is 57.4 Å². The van der Waals surface area contributed by atoms with Gasteiger partial charge in [-0.25, -0.2) is 4.79 Å². The van der Waals surface area contributed by atoms with E-state index in [2.05, 4.69) is 13.8 Å². The Bertz CT molecular complexity index is 877. The molecule has 4 heteroatoms. The molecule has 0 saturated heterocycles.